The number of rotatable bonds is 5. The Morgan fingerprint density at radius 3 is 2.55 bits per heavy atom. The van der Waals surface area contributed by atoms with E-state index in [1.165, 1.54) is 42.3 Å². The molecule has 0 bridgehead atoms. The van der Waals surface area contributed by atoms with E-state index in [0.717, 1.165) is 5.56 Å². The molecule has 1 aliphatic carbocycles. The number of benzene rings is 3. The molecule has 1 aromatic heterocycles. The zero-order valence-corrected chi connectivity index (χ0v) is 21.5. The normalized spacial score (nSPS) is 23.1. The van der Waals surface area contributed by atoms with Crippen LogP contribution in [0.25, 0.3) is 11.0 Å². The molecule has 1 unspecified atom stereocenters. The second kappa shape index (κ2) is 10.2. The van der Waals surface area contributed by atoms with Gasteiger partial charge in [-0.2, -0.15) is 0 Å². The van der Waals surface area contributed by atoms with Crippen LogP contribution < -0.4 is 10.4 Å². The SMILES string of the molecule is COC(=O)C1C[C@@H](N(Cc2ccc(F)cc2)C(=O)c2cc3ccccc3oc2=O)[C@H](O)[C@H]2Oc3ccccc3[C@@H]12. The van der Waals surface area contributed by atoms with Gasteiger partial charge in [0, 0.05) is 23.4 Å². The highest BCUT2D eigenvalue weighted by molar-refractivity contribution is 5.97. The second-order valence-electron chi connectivity index (χ2n) is 10.1. The maximum atomic E-state index is 14.1. The molecule has 0 saturated heterocycles. The quantitative estimate of drug-likeness (QED) is 0.299. The molecule has 1 N–H and O–H groups in total. The fraction of sp³-hybridized carbons (Fsp3) is 0.258. The molecular formula is C31H26FNO7. The highest BCUT2D eigenvalue weighted by Crippen LogP contribution is 2.50. The summed E-state index contributed by atoms with van der Waals surface area (Å²) >= 11 is 0. The topological polar surface area (TPSA) is 106 Å². The van der Waals surface area contributed by atoms with E-state index >= 15 is 0 Å². The lowest BCUT2D eigenvalue weighted by molar-refractivity contribution is -0.153. The molecule has 1 saturated carbocycles. The molecule has 5 atom stereocenters. The summed E-state index contributed by atoms with van der Waals surface area (Å²) in [5.74, 6) is -2.29. The molecule has 1 aliphatic heterocycles. The van der Waals surface area contributed by atoms with E-state index in [9.17, 15) is 23.9 Å². The van der Waals surface area contributed by atoms with Crippen LogP contribution in [0.5, 0.6) is 5.75 Å². The van der Waals surface area contributed by atoms with Gasteiger partial charge in [0.2, 0.25) is 0 Å². The van der Waals surface area contributed by atoms with Gasteiger partial charge in [-0.05, 0) is 42.3 Å². The Labute approximate surface area is 228 Å². The van der Waals surface area contributed by atoms with Crippen molar-refractivity contribution >= 4 is 22.8 Å². The van der Waals surface area contributed by atoms with Crippen LogP contribution in [0.4, 0.5) is 4.39 Å². The molecule has 2 heterocycles. The molecule has 40 heavy (non-hydrogen) atoms. The van der Waals surface area contributed by atoms with Crippen molar-refractivity contribution in [3.05, 3.63) is 112 Å². The highest BCUT2D eigenvalue weighted by Gasteiger charge is 2.55. The van der Waals surface area contributed by atoms with Crippen LogP contribution in [0.3, 0.4) is 0 Å². The van der Waals surface area contributed by atoms with E-state index in [-0.39, 0.29) is 18.5 Å². The van der Waals surface area contributed by atoms with Crippen molar-refractivity contribution < 1.29 is 33.0 Å². The van der Waals surface area contributed by atoms with Crippen molar-refractivity contribution in [3.63, 3.8) is 0 Å². The third-order valence-electron chi connectivity index (χ3n) is 7.86. The van der Waals surface area contributed by atoms with Crippen LogP contribution in [-0.4, -0.2) is 47.2 Å². The number of aliphatic hydroxyl groups excluding tert-OH is 1. The number of amides is 1. The zero-order valence-electron chi connectivity index (χ0n) is 21.5. The van der Waals surface area contributed by atoms with Gasteiger partial charge in [0.15, 0.2) is 0 Å². The number of ether oxygens (including phenoxy) is 2. The fourth-order valence-electron chi connectivity index (χ4n) is 5.95. The highest BCUT2D eigenvalue weighted by atomic mass is 19.1. The average molecular weight is 544 g/mol. The molecule has 4 aromatic rings. The Hall–Kier alpha value is -4.50. The van der Waals surface area contributed by atoms with Crippen LogP contribution in [0.15, 0.2) is 88.1 Å². The fourth-order valence-corrected chi connectivity index (χ4v) is 5.95. The second-order valence-corrected chi connectivity index (χ2v) is 10.1. The van der Waals surface area contributed by atoms with Gasteiger partial charge < -0.3 is 23.9 Å². The number of carbonyl (C=O) groups excluding carboxylic acids is 2. The van der Waals surface area contributed by atoms with Crippen LogP contribution in [0, 0.1) is 11.7 Å². The molecule has 6 rings (SSSR count). The number of para-hydroxylation sites is 2. The van der Waals surface area contributed by atoms with Crippen LogP contribution in [0.1, 0.15) is 33.8 Å². The Bertz CT molecular complexity index is 1650. The summed E-state index contributed by atoms with van der Waals surface area (Å²) in [6, 6.07) is 20.2. The van der Waals surface area contributed by atoms with Gasteiger partial charge in [-0.15, -0.1) is 0 Å². The van der Waals surface area contributed by atoms with Gasteiger partial charge in [-0.25, -0.2) is 9.18 Å². The summed E-state index contributed by atoms with van der Waals surface area (Å²) in [5.41, 5.74) is 0.634. The van der Waals surface area contributed by atoms with Crippen molar-refractivity contribution in [2.24, 2.45) is 5.92 Å². The number of aliphatic hydroxyl groups is 1. The summed E-state index contributed by atoms with van der Waals surface area (Å²) in [7, 11) is 1.29. The number of halogens is 1. The van der Waals surface area contributed by atoms with Crippen LogP contribution in [0.2, 0.25) is 0 Å². The Kier molecular flexibility index (Phi) is 6.59. The molecule has 3 aromatic carbocycles. The van der Waals surface area contributed by atoms with E-state index in [0.29, 0.717) is 22.3 Å². The first-order valence-electron chi connectivity index (χ1n) is 13.0. The third-order valence-corrected chi connectivity index (χ3v) is 7.86. The standard InChI is InChI=1S/C31H26FNO7/c1-38-30(36)21-15-23(27(34)28-26(21)20-7-3-5-9-25(20)39-28)33(16-17-10-12-19(32)13-11-17)29(35)22-14-18-6-2-4-8-24(18)40-31(22)37/h2-14,21,23,26-28,34H,15-16H2,1H3/t21?,23-,26+,27+,28+/m1/s1. The van der Waals surface area contributed by atoms with E-state index in [1.807, 2.05) is 12.1 Å². The monoisotopic (exact) mass is 543 g/mol. The first-order valence-corrected chi connectivity index (χ1v) is 13.0. The van der Waals surface area contributed by atoms with E-state index in [2.05, 4.69) is 0 Å². The predicted molar refractivity (Wildman–Crippen MR) is 142 cm³/mol. The van der Waals surface area contributed by atoms with E-state index in [4.69, 9.17) is 13.9 Å². The van der Waals surface area contributed by atoms with Crippen molar-refractivity contribution in [3.8, 4) is 5.75 Å². The molecular weight excluding hydrogens is 517 g/mol. The largest absolute Gasteiger partial charge is 0.487 e. The van der Waals surface area contributed by atoms with E-state index < -0.39 is 53.4 Å². The van der Waals surface area contributed by atoms with Crippen molar-refractivity contribution in [1.29, 1.82) is 0 Å². The Balaban J connectivity index is 1.44. The number of esters is 1. The molecule has 1 fully saturated rings. The molecule has 0 radical (unpaired) electrons. The summed E-state index contributed by atoms with van der Waals surface area (Å²) < 4.78 is 30.4. The third kappa shape index (κ3) is 4.42. The lowest BCUT2D eigenvalue weighted by atomic mass is 9.71. The number of methoxy groups -OCH3 is 1. The number of hydrogen-bond acceptors (Lipinski definition) is 7. The molecule has 1 amide bonds. The van der Waals surface area contributed by atoms with Gasteiger partial charge in [-0.1, -0.05) is 48.5 Å². The average Bonchev–Trinajstić information content (AvgIpc) is 3.36. The minimum Gasteiger partial charge on any atom is -0.487 e. The Morgan fingerprint density at radius 1 is 1.05 bits per heavy atom. The lowest BCUT2D eigenvalue weighted by Crippen LogP contribution is -2.59. The van der Waals surface area contributed by atoms with E-state index in [1.54, 1.807) is 36.4 Å². The lowest BCUT2D eigenvalue weighted by Gasteiger charge is -2.44. The molecule has 0 spiro atoms. The first kappa shape index (κ1) is 25.8. The molecule has 9 heteroatoms. The minimum atomic E-state index is -1.21. The molecule has 8 nitrogen and oxygen atoms in total. The molecule has 2 aliphatic rings. The van der Waals surface area contributed by atoms with Crippen LogP contribution >= 0.6 is 0 Å². The van der Waals surface area contributed by atoms with Crippen molar-refractivity contribution in [2.45, 2.75) is 37.1 Å². The predicted octanol–water partition coefficient (Wildman–Crippen LogP) is 4.04. The number of hydrogen-bond donors (Lipinski definition) is 1. The van der Waals surface area contributed by atoms with Crippen molar-refractivity contribution in [2.75, 3.05) is 7.11 Å². The number of nitrogens with zero attached hydrogens (tertiary/aromatic N) is 1. The summed E-state index contributed by atoms with van der Waals surface area (Å²) in [5, 5.41) is 12.2. The number of carbonyl (C=O) groups is 2. The van der Waals surface area contributed by atoms with Gasteiger partial charge >= 0.3 is 11.6 Å². The summed E-state index contributed by atoms with van der Waals surface area (Å²) in [6.45, 7) is -0.0642. The Morgan fingerprint density at radius 2 is 1.77 bits per heavy atom. The zero-order chi connectivity index (χ0) is 28.0. The smallest absolute Gasteiger partial charge is 0.349 e. The summed E-state index contributed by atoms with van der Waals surface area (Å²) in [6.07, 6.45) is -1.99. The first-order chi connectivity index (χ1) is 19.4. The van der Waals surface area contributed by atoms with Crippen LogP contribution in [-0.2, 0) is 16.1 Å². The minimum absolute atomic E-state index is 0.0541. The van der Waals surface area contributed by atoms with Gasteiger partial charge in [-0.3, -0.25) is 9.59 Å². The summed E-state index contributed by atoms with van der Waals surface area (Å²) in [4.78, 5) is 41.5. The van der Waals surface area contributed by atoms with Gasteiger partial charge in [0.25, 0.3) is 5.91 Å². The maximum Gasteiger partial charge on any atom is 0.349 e. The molecule has 204 valence electrons. The van der Waals surface area contributed by atoms with Crippen molar-refractivity contribution in [1.82, 2.24) is 4.90 Å². The maximum absolute atomic E-state index is 14.1. The number of fused-ring (bicyclic) bond motifs is 4. The van der Waals surface area contributed by atoms with Gasteiger partial charge in [0.1, 0.15) is 34.9 Å². The van der Waals surface area contributed by atoms with Gasteiger partial charge in [0.05, 0.1) is 19.1 Å².